The van der Waals surface area contributed by atoms with Crippen molar-refractivity contribution in [1.82, 2.24) is 4.98 Å². The molecule has 0 amide bonds. The zero-order chi connectivity index (χ0) is 13.8. The number of hydrogen-bond acceptors (Lipinski definition) is 3. The van der Waals surface area contributed by atoms with Crippen LogP contribution >= 0.6 is 0 Å². The molecule has 1 heterocycles. The number of hydrogen-bond donors (Lipinski definition) is 2. The highest BCUT2D eigenvalue weighted by molar-refractivity contribution is 6.05. The first-order chi connectivity index (χ1) is 8.40. The Morgan fingerprint density at radius 2 is 1.94 bits per heavy atom. The Kier molecular flexibility index (Phi) is 4.88. The van der Waals surface area contributed by atoms with Gasteiger partial charge in [-0.1, -0.05) is 34.6 Å². The van der Waals surface area contributed by atoms with Gasteiger partial charge in [0.25, 0.3) is 0 Å². The summed E-state index contributed by atoms with van der Waals surface area (Å²) in [5, 5.41) is 11.7. The van der Waals surface area contributed by atoms with Crippen LogP contribution in [-0.2, 0) is 0 Å². The van der Waals surface area contributed by atoms with Gasteiger partial charge in [0.05, 0.1) is 0 Å². The van der Waals surface area contributed by atoms with Crippen LogP contribution in [0.4, 0.5) is 5.82 Å². The van der Waals surface area contributed by atoms with Crippen LogP contribution in [0.1, 0.15) is 53.0 Å². The van der Waals surface area contributed by atoms with Gasteiger partial charge in [-0.15, -0.1) is 0 Å². The van der Waals surface area contributed by atoms with E-state index in [1.807, 2.05) is 12.1 Å². The summed E-state index contributed by atoms with van der Waals surface area (Å²) < 4.78 is 0. The van der Waals surface area contributed by atoms with Crippen molar-refractivity contribution in [2.75, 3.05) is 5.32 Å². The molecule has 0 fully saturated rings. The van der Waals surface area contributed by atoms with E-state index in [-0.39, 0.29) is 5.41 Å². The second-order valence-electron chi connectivity index (χ2n) is 5.68. The molecule has 2 N–H and O–H groups in total. The Morgan fingerprint density at radius 1 is 1.33 bits per heavy atom. The fraction of sp³-hybridized carbons (Fsp3) is 0.600. The van der Waals surface area contributed by atoms with Gasteiger partial charge >= 0.3 is 0 Å². The molecular formula is C15H25N3. The summed E-state index contributed by atoms with van der Waals surface area (Å²) in [6, 6.07) is 4.30. The van der Waals surface area contributed by atoms with E-state index in [4.69, 9.17) is 5.41 Å². The van der Waals surface area contributed by atoms with Gasteiger partial charge in [-0.05, 0) is 25.0 Å². The topological polar surface area (TPSA) is 48.8 Å². The van der Waals surface area contributed by atoms with Crippen molar-refractivity contribution in [2.24, 2.45) is 5.41 Å². The molecule has 3 nitrogen and oxygen atoms in total. The molecule has 0 radical (unpaired) electrons. The van der Waals surface area contributed by atoms with E-state index in [0.717, 1.165) is 24.2 Å². The standard InChI is InChI=1S/C15H25N3/c1-6-11(7-2)18-14-12(9-8-10-17-14)13(16)15(3,4)5/h8-11,16H,6-7H2,1-5H3,(H,17,18). The average Bonchev–Trinajstić information content (AvgIpc) is 2.34. The Balaban J connectivity index is 3.03. The number of aromatic nitrogens is 1. The van der Waals surface area contributed by atoms with Gasteiger partial charge in [-0.3, -0.25) is 0 Å². The third kappa shape index (κ3) is 3.56. The summed E-state index contributed by atoms with van der Waals surface area (Å²) in [6.45, 7) is 10.5. The molecule has 0 saturated heterocycles. The van der Waals surface area contributed by atoms with Crippen LogP contribution in [0.3, 0.4) is 0 Å². The van der Waals surface area contributed by atoms with Crippen LogP contribution in [0, 0.1) is 10.8 Å². The first-order valence-electron chi connectivity index (χ1n) is 6.71. The summed E-state index contributed by atoms with van der Waals surface area (Å²) in [4.78, 5) is 4.40. The smallest absolute Gasteiger partial charge is 0.135 e. The fourth-order valence-corrected chi connectivity index (χ4v) is 1.81. The van der Waals surface area contributed by atoms with Crippen molar-refractivity contribution < 1.29 is 0 Å². The molecule has 0 aliphatic heterocycles. The number of pyridine rings is 1. The molecule has 0 atom stereocenters. The van der Waals surface area contributed by atoms with Gasteiger partial charge in [0.2, 0.25) is 0 Å². The van der Waals surface area contributed by atoms with Crippen molar-refractivity contribution in [2.45, 2.75) is 53.5 Å². The predicted molar refractivity (Wildman–Crippen MR) is 78.5 cm³/mol. The summed E-state index contributed by atoms with van der Waals surface area (Å²) in [7, 11) is 0. The Labute approximate surface area is 111 Å². The minimum absolute atomic E-state index is 0.159. The molecule has 1 aromatic heterocycles. The quantitative estimate of drug-likeness (QED) is 0.770. The SMILES string of the molecule is CCC(CC)Nc1ncccc1C(=N)C(C)(C)C. The van der Waals surface area contributed by atoms with Crippen molar-refractivity contribution >= 4 is 11.5 Å². The van der Waals surface area contributed by atoms with Gasteiger partial charge in [0.1, 0.15) is 5.82 Å². The van der Waals surface area contributed by atoms with Crippen LogP contribution in [0.2, 0.25) is 0 Å². The molecule has 0 spiro atoms. The normalized spacial score (nSPS) is 11.7. The maximum absolute atomic E-state index is 8.30. The lowest BCUT2D eigenvalue weighted by Gasteiger charge is -2.23. The van der Waals surface area contributed by atoms with Crippen LogP contribution < -0.4 is 5.32 Å². The minimum atomic E-state index is -0.159. The molecular weight excluding hydrogens is 222 g/mol. The van der Waals surface area contributed by atoms with Crippen molar-refractivity contribution in [3.8, 4) is 0 Å². The molecule has 0 aromatic carbocycles. The lowest BCUT2D eigenvalue weighted by molar-refractivity contribution is 0.588. The van der Waals surface area contributed by atoms with Crippen LogP contribution in [0.25, 0.3) is 0 Å². The predicted octanol–water partition coefficient (Wildman–Crippen LogP) is 4.10. The summed E-state index contributed by atoms with van der Waals surface area (Å²) in [5.41, 5.74) is 1.38. The third-order valence-electron chi connectivity index (χ3n) is 3.15. The number of anilines is 1. The average molecular weight is 247 g/mol. The van der Waals surface area contributed by atoms with Crippen LogP contribution in [0.5, 0.6) is 0 Å². The van der Waals surface area contributed by atoms with E-state index in [2.05, 4.69) is 44.9 Å². The van der Waals surface area contributed by atoms with E-state index in [1.165, 1.54) is 0 Å². The highest BCUT2D eigenvalue weighted by atomic mass is 15.0. The zero-order valence-corrected chi connectivity index (χ0v) is 12.2. The van der Waals surface area contributed by atoms with E-state index in [9.17, 15) is 0 Å². The molecule has 18 heavy (non-hydrogen) atoms. The lowest BCUT2D eigenvalue weighted by atomic mass is 9.86. The maximum Gasteiger partial charge on any atom is 0.135 e. The summed E-state index contributed by atoms with van der Waals surface area (Å²) >= 11 is 0. The maximum atomic E-state index is 8.30. The fourth-order valence-electron chi connectivity index (χ4n) is 1.81. The Hall–Kier alpha value is -1.38. The second kappa shape index (κ2) is 5.98. The van der Waals surface area contributed by atoms with Gasteiger partial charge in [0.15, 0.2) is 0 Å². The molecule has 3 heteroatoms. The third-order valence-corrected chi connectivity index (χ3v) is 3.15. The van der Waals surface area contributed by atoms with Crippen molar-refractivity contribution in [1.29, 1.82) is 5.41 Å². The molecule has 1 rings (SSSR count). The van der Waals surface area contributed by atoms with Gasteiger partial charge < -0.3 is 10.7 Å². The van der Waals surface area contributed by atoms with E-state index < -0.39 is 0 Å². The molecule has 0 saturated carbocycles. The van der Waals surface area contributed by atoms with E-state index >= 15 is 0 Å². The lowest BCUT2D eigenvalue weighted by Crippen LogP contribution is -2.25. The number of nitrogens with zero attached hydrogens (tertiary/aromatic N) is 1. The Bertz CT molecular complexity index is 400. The molecule has 0 bridgehead atoms. The first-order valence-corrected chi connectivity index (χ1v) is 6.71. The van der Waals surface area contributed by atoms with Crippen molar-refractivity contribution in [3.63, 3.8) is 0 Å². The first kappa shape index (κ1) is 14.7. The van der Waals surface area contributed by atoms with E-state index in [1.54, 1.807) is 6.20 Å². The molecule has 100 valence electrons. The number of rotatable bonds is 5. The van der Waals surface area contributed by atoms with Crippen LogP contribution in [0.15, 0.2) is 18.3 Å². The van der Waals surface area contributed by atoms with Gasteiger partial charge in [0, 0.05) is 28.9 Å². The Morgan fingerprint density at radius 3 is 2.44 bits per heavy atom. The van der Waals surface area contributed by atoms with Crippen LogP contribution in [-0.4, -0.2) is 16.7 Å². The monoisotopic (exact) mass is 247 g/mol. The van der Waals surface area contributed by atoms with E-state index in [0.29, 0.717) is 11.8 Å². The van der Waals surface area contributed by atoms with Crippen molar-refractivity contribution in [3.05, 3.63) is 23.9 Å². The highest BCUT2D eigenvalue weighted by Gasteiger charge is 2.22. The molecule has 0 unspecified atom stereocenters. The summed E-state index contributed by atoms with van der Waals surface area (Å²) in [6.07, 6.45) is 3.91. The largest absolute Gasteiger partial charge is 0.367 e. The number of nitrogens with one attached hydrogen (secondary N) is 2. The zero-order valence-electron chi connectivity index (χ0n) is 12.2. The van der Waals surface area contributed by atoms with Gasteiger partial charge in [-0.25, -0.2) is 4.98 Å². The van der Waals surface area contributed by atoms with Gasteiger partial charge in [-0.2, -0.15) is 0 Å². The molecule has 0 aliphatic carbocycles. The molecule has 0 aliphatic rings. The summed E-state index contributed by atoms with van der Waals surface area (Å²) in [5.74, 6) is 0.839. The highest BCUT2D eigenvalue weighted by Crippen LogP contribution is 2.25. The molecule has 1 aromatic rings. The second-order valence-corrected chi connectivity index (χ2v) is 5.68. The minimum Gasteiger partial charge on any atom is -0.367 e.